The van der Waals surface area contributed by atoms with Gasteiger partial charge in [-0.3, -0.25) is 4.79 Å². The van der Waals surface area contributed by atoms with Crippen molar-refractivity contribution in [3.05, 3.63) is 59.9 Å². The maximum atomic E-state index is 13.2. The summed E-state index contributed by atoms with van der Waals surface area (Å²) in [5, 5.41) is 12.0. The minimum atomic E-state index is -0.614. The molecule has 7 heteroatoms. The third-order valence-corrected chi connectivity index (χ3v) is 4.21. The molecular formula is C22H24FN3O3. The molecule has 29 heavy (non-hydrogen) atoms. The zero-order valence-electron chi connectivity index (χ0n) is 16.4. The van der Waals surface area contributed by atoms with Crippen LogP contribution in [0.25, 0.3) is 0 Å². The van der Waals surface area contributed by atoms with Gasteiger partial charge in [0.25, 0.3) is 5.91 Å². The van der Waals surface area contributed by atoms with E-state index >= 15 is 0 Å². The average Bonchev–Trinajstić information content (AvgIpc) is 2.74. The molecular weight excluding hydrogens is 373 g/mol. The number of para-hydroxylation sites is 1. The lowest BCUT2D eigenvalue weighted by atomic mass is 10.1. The van der Waals surface area contributed by atoms with E-state index in [2.05, 4.69) is 12.2 Å². The number of nitriles is 1. The summed E-state index contributed by atoms with van der Waals surface area (Å²) in [4.78, 5) is 26.4. The molecule has 6 nitrogen and oxygen atoms in total. The van der Waals surface area contributed by atoms with E-state index in [0.717, 1.165) is 19.4 Å². The second-order valence-electron chi connectivity index (χ2n) is 6.33. The first-order valence-corrected chi connectivity index (χ1v) is 9.49. The molecule has 0 spiro atoms. The van der Waals surface area contributed by atoms with Gasteiger partial charge in [0.1, 0.15) is 5.82 Å². The van der Waals surface area contributed by atoms with E-state index in [9.17, 15) is 14.0 Å². The minimum Gasteiger partial charge on any atom is -0.452 e. The summed E-state index contributed by atoms with van der Waals surface area (Å²) < 4.78 is 18.4. The largest absolute Gasteiger partial charge is 0.452 e. The van der Waals surface area contributed by atoms with Crippen molar-refractivity contribution in [1.82, 2.24) is 0 Å². The normalized spacial score (nSPS) is 10.1. The number of rotatable bonds is 10. The molecule has 0 heterocycles. The molecule has 1 N–H and O–H groups in total. The van der Waals surface area contributed by atoms with E-state index in [1.54, 1.807) is 18.2 Å². The molecule has 0 unspecified atom stereocenters. The Hall–Kier alpha value is -3.40. The molecule has 1 amide bonds. The Morgan fingerprint density at radius 2 is 1.90 bits per heavy atom. The van der Waals surface area contributed by atoms with Gasteiger partial charge in [-0.1, -0.05) is 25.5 Å². The number of carbonyl (C=O) groups excluding carboxylic acids is 2. The van der Waals surface area contributed by atoms with Crippen molar-refractivity contribution < 1.29 is 18.7 Å². The van der Waals surface area contributed by atoms with Gasteiger partial charge in [0.15, 0.2) is 6.61 Å². The second kappa shape index (κ2) is 11.4. The summed E-state index contributed by atoms with van der Waals surface area (Å²) in [6.45, 7) is 2.44. The quantitative estimate of drug-likeness (QED) is 0.481. The fraction of sp³-hybridized carbons (Fsp3) is 0.318. The van der Waals surface area contributed by atoms with Crippen LogP contribution >= 0.6 is 0 Å². The molecule has 2 aromatic carbocycles. The number of benzene rings is 2. The molecule has 0 aliphatic heterocycles. The lowest BCUT2D eigenvalue weighted by Gasteiger charge is -2.21. The lowest BCUT2D eigenvalue weighted by Crippen LogP contribution is -2.35. The summed E-state index contributed by atoms with van der Waals surface area (Å²) in [6.07, 6.45) is 2.09. The summed E-state index contributed by atoms with van der Waals surface area (Å²) in [7, 11) is 0. The number of amides is 1. The molecule has 0 aliphatic carbocycles. The van der Waals surface area contributed by atoms with E-state index < -0.39 is 24.3 Å². The second-order valence-corrected chi connectivity index (χ2v) is 6.33. The van der Waals surface area contributed by atoms with Crippen LogP contribution in [0.2, 0.25) is 0 Å². The number of anilines is 2. The fourth-order valence-corrected chi connectivity index (χ4v) is 2.68. The van der Waals surface area contributed by atoms with Crippen molar-refractivity contribution in [3.63, 3.8) is 0 Å². The Balaban J connectivity index is 2.04. The number of nitrogens with zero attached hydrogens (tertiary/aromatic N) is 2. The molecule has 0 saturated carbocycles. The van der Waals surface area contributed by atoms with Gasteiger partial charge in [-0.15, -0.1) is 0 Å². The van der Waals surface area contributed by atoms with Crippen LogP contribution < -0.4 is 10.2 Å². The number of nitrogens with one attached hydrogen (secondary N) is 1. The van der Waals surface area contributed by atoms with Crippen molar-refractivity contribution in [2.75, 3.05) is 29.9 Å². The molecule has 0 saturated heterocycles. The first-order valence-electron chi connectivity index (χ1n) is 9.49. The standard InChI is InChI=1S/C22H24FN3O3/c1-2-3-14-25-20-8-5-4-7-19(20)22(28)29-16-21(27)26(15-6-13-24)18-11-9-17(23)10-12-18/h4-5,7-12,25H,2-3,6,14-16H2,1H3. The highest BCUT2D eigenvalue weighted by Crippen LogP contribution is 2.18. The zero-order valence-corrected chi connectivity index (χ0v) is 16.4. The van der Waals surface area contributed by atoms with Gasteiger partial charge in [0, 0.05) is 24.5 Å². The van der Waals surface area contributed by atoms with Crippen molar-refractivity contribution in [2.45, 2.75) is 26.2 Å². The van der Waals surface area contributed by atoms with E-state index in [1.165, 1.54) is 29.2 Å². The predicted molar refractivity (Wildman–Crippen MR) is 109 cm³/mol. The van der Waals surface area contributed by atoms with Crippen LogP contribution in [-0.2, 0) is 9.53 Å². The molecule has 2 aromatic rings. The van der Waals surface area contributed by atoms with Crippen LogP contribution in [0.15, 0.2) is 48.5 Å². The van der Waals surface area contributed by atoms with Crippen molar-refractivity contribution in [3.8, 4) is 6.07 Å². The van der Waals surface area contributed by atoms with Crippen molar-refractivity contribution in [2.24, 2.45) is 0 Å². The van der Waals surface area contributed by atoms with E-state index in [1.807, 2.05) is 12.1 Å². The van der Waals surface area contributed by atoms with Gasteiger partial charge in [-0.2, -0.15) is 5.26 Å². The zero-order chi connectivity index (χ0) is 21.1. The highest BCUT2D eigenvalue weighted by atomic mass is 19.1. The fourth-order valence-electron chi connectivity index (χ4n) is 2.68. The number of ether oxygens (including phenoxy) is 1. The number of halogens is 1. The highest BCUT2D eigenvalue weighted by Gasteiger charge is 2.19. The molecule has 0 radical (unpaired) electrons. The van der Waals surface area contributed by atoms with Gasteiger partial charge in [-0.25, -0.2) is 9.18 Å². The topological polar surface area (TPSA) is 82.4 Å². The Morgan fingerprint density at radius 1 is 1.17 bits per heavy atom. The van der Waals surface area contributed by atoms with Crippen LogP contribution in [0.1, 0.15) is 36.5 Å². The van der Waals surface area contributed by atoms with Gasteiger partial charge in [0.2, 0.25) is 0 Å². The van der Waals surface area contributed by atoms with E-state index in [4.69, 9.17) is 10.00 Å². The number of hydrogen-bond donors (Lipinski definition) is 1. The van der Waals surface area contributed by atoms with Gasteiger partial charge < -0.3 is 15.0 Å². The summed E-state index contributed by atoms with van der Waals surface area (Å²) in [5.41, 5.74) is 1.43. The molecule has 0 aromatic heterocycles. The van der Waals surface area contributed by atoms with E-state index in [0.29, 0.717) is 16.9 Å². The minimum absolute atomic E-state index is 0.0985. The SMILES string of the molecule is CCCCNc1ccccc1C(=O)OCC(=O)N(CCC#N)c1ccc(F)cc1. The Kier molecular flexibility index (Phi) is 8.64. The Bertz CT molecular complexity index is 862. The van der Waals surface area contributed by atoms with E-state index in [-0.39, 0.29) is 13.0 Å². The molecule has 0 bridgehead atoms. The highest BCUT2D eigenvalue weighted by molar-refractivity contribution is 5.99. The lowest BCUT2D eigenvalue weighted by molar-refractivity contribution is -0.121. The Morgan fingerprint density at radius 3 is 2.59 bits per heavy atom. The molecule has 0 fully saturated rings. The summed E-state index contributed by atoms with van der Waals surface area (Å²) in [6, 6.07) is 14.3. The molecule has 0 atom stereocenters. The van der Waals surface area contributed by atoms with Crippen LogP contribution in [0, 0.1) is 17.1 Å². The molecule has 0 aliphatic rings. The molecule has 2 rings (SSSR count). The van der Waals surface area contributed by atoms with Crippen molar-refractivity contribution >= 4 is 23.3 Å². The number of unbranched alkanes of at least 4 members (excludes halogenated alkanes) is 1. The molecule has 152 valence electrons. The third kappa shape index (κ3) is 6.61. The maximum Gasteiger partial charge on any atom is 0.340 e. The van der Waals surface area contributed by atoms with Crippen LogP contribution in [-0.4, -0.2) is 31.6 Å². The third-order valence-electron chi connectivity index (χ3n) is 4.21. The van der Waals surface area contributed by atoms with Gasteiger partial charge in [-0.05, 0) is 42.8 Å². The van der Waals surface area contributed by atoms with Crippen LogP contribution in [0.4, 0.5) is 15.8 Å². The van der Waals surface area contributed by atoms with Gasteiger partial charge >= 0.3 is 5.97 Å². The number of esters is 1. The van der Waals surface area contributed by atoms with Gasteiger partial charge in [0.05, 0.1) is 18.1 Å². The van der Waals surface area contributed by atoms with Crippen molar-refractivity contribution in [1.29, 1.82) is 5.26 Å². The average molecular weight is 397 g/mol. The first-order chi connectivity index (χ1) is 14.1. The Labute approximate surface area is 169 Å². The van der Waals surface area contributed by atoms with Crippen LogP contribution in [0.5, 0.6) is 0 Å². The smallest absolute Gasteiger partial charge is 0.340 e. The number of hydrogen-bond acceptors (Lipinski definition) is 5. The summed E-state index contributed by atoms with van der Waals surface area (Å²) >= 11 is 0. The maximum absolute atomic E-state index is 13.2. The number of carbonyl (C=O) groups is 2. The van der Waals surface area contributed by atoms with Crippen LogP contribution in [0.3, 0.4) is 0 Å². The predicted octanol–water partition coefficient (Wildman–Crippen LogP) is 4.14. The first kappa shape index (κ1) is 21.9. The monoisotopic (exact) mass is 397 g/mol. The summed E-state index contributed by atoms with van der Waals surface area (Å²) in [5.74, 6) is -1.53.